The first kappa shape index (κ1) is 17.8. The van der Waals surface area contributed by atoms with Crippen molar-refractivity contribution in [3.8, 4) is 11.5 Å². The monoisotopic (exact) mass is 354 g/mol. The third kappa shape index (κ3) is 4.88. The summed E-state index contributed by atoms with van der Waals surface area (Å²) in [5.41, 5.74) is 2.63. The molecule has 1 unspecified atom stereocenters. The normalized spacial score (nSPS) is 17.2. The SMILES string of the molecule is CC=O.COc1cc(Br)cc(OC)c1C1C=C(C)CCC1. The van der Waals surface area contributed by atoms with Gasteiger partial charge in [-0.05, 0) is 45.2 Å². The van der Waals surface area contributed by atoms with E-state index in [0.29, 0.717) is 5.92 Å². The molecule has 0 aliphatic heterocycles. The molecule has 0 spiro atoms. The second-order valence-corrected chi connectivity index (χ2v) is 5.89. The van der Waals surface area contributed by atoms with Crippen LogP contribution in [0.5, 0.6) is 11.5 Å². The van der Waals surface area contributed by atoms with E-state index in [4.69, 9.17) is 14.3 Å². The third-order valence-electron chi connectivity index (χ3n) is 3.45. The lowest BCUT2D eigenvalue weighted by molar-refractivity contribution is -0.106. The van der Waals surface area contributed by atoms with Gasteiger partial charge in [-0.2, -0.15) is 0 Å². The average molecular weight is 355 g/mol. The highest BCUT2D eigenvalue weighted by Gasteiger charge is 2.22. The maximum absolute atomic E-state index is 8.81. The number of allylic oxidation sites excluding steroid dienone is 2. The summed E-state index contributed by atoms with van der Waals surface area (Å²) in [6, 6.07) is 4.02. The smallest absolute Gasteiger partial charge is 0.127 e. The van der Waals surface area contributed by atoms with Crippen molar-refractivity contribution >= 4 is 22.2 Å². The maximum Gasteiger partial charge on any atom is 0.127 e. The fourth-order valence-corrected chi connectivity index (χ4v) is 3.03. The highest BCUT2D eigenvalue weighted by molar-refractivity contribution is 9.10. The van der Waals surface area contributed by atoms with Crippen LogP contribution in [0.3, 0.4) is 0 Å². The molecule has 0 amide bonds. The van der Waals surface area contributed by atoms with E-state index in [-0.39, 0.29) is 0 Å². The van der Waals surface area contributed by atoms with Crippen LogP contribution in [0.25, 0.3) is 0 Å². The lowest BCUT2D eigenvalue weighted by atomic mass is 9.85. The molecule has 4 heteroatoms. The molecule has 0 saturated heterocycles. The number of hydrogen-bond acceptors (Lipinski definition) is 3. The van der Waals surface area contributed by atoms with Crippen LogP contribution in [0.15, 0.2) is 28.3 Å². The Morgan fingerprint density at radius 1 is 1.24 bits per heavy atom. The number of carbonyl (C=O) groups is 1. The van der Waals surface area contributed by atoms with Gasteiger partial charge in [-0.3, -0.25) is 0 Å². The van der Waals surface area contributed by atoms with Gasteiger partial charge in [0.2, 0.25) is 0 Å². The molecule has 1 aromatic rings. The highest BCUT2D eigenvalue weighted by atomic mass is 79.9. The molecule has 116 valence electrons. The molecule has 0 fully saturated rings. The van der Waals surface area contributed by atoms with Crippen LogP contribution >= 0.6 is 15.9 Å². The largest absolute Gasteiger partial charge is 0.496 e. The number of aldehydes is 1. The van der Waals surface area contributed by atoms with E-state index in [1.807, 2.05) is 12.1 Å². The Labute approximate surface area is 135 Å². The molecule has 1 aromatic carbocycles. The Morgan fingerprint density at radius 3 is 2.19 bits per heavy atom. The second-order valence-electron chi connectivity index (χ2n) is 4.97. The van der Waals surface area contributed by atoms with Crippen LogP contribution in [-0.4, -0.2) is 20.5 Å². The summed E-state index contributed by atoms with van der Waals surface area (Å²) in [6.07, 6.45) is 6.69. The van der Waals surface area contributed by atoms with E-state index in [9.17, 15) is 0 Å². The van der Waals surface area contributed by atoms with Crippen LogP contribution in [0, 0.1) is 0 Å². The summed E-state index contributed by atoms with van der Waals surface area (Å²) in [5, 5.41) is 0. The Kier molecular flexibility index (Phi) is 7.51. The second kappa shape index (κ2) is 8.88. The fourth-order valence-electron chi connectivity index (χ4n) is 2.61. The van der Waals surface area contributed by atoms with Crippen molar-refractivity contribution in [2.24, 2.45) is 0 Å². The first-order chi connectivity index (χ1) is 10.1. The predicted octanol–water partition coefficient (Wildman–Crippen LogP) is 4.89. The zero-order valence-corrected chi connectivity index (χ0v) is 14.7. The standard InChI is InChI=1S/C15H19BrO2.C2H4O/c1-10-5-4-6-11(7-10)15-13(17-2)8-12(16)9-14(15)18-3;1-2-3/h7-9,11H,4-6H2,1-3H3;2H,1H3. The van der Waals surface area contributed by atoms with Gasteiger partial charge in [-0.15, -0.1) is 0 Å². The molecule has 0 radical (unpaired) electrons. The number of benzene rings is 1. The minimum Gasteiger partial charge on any atom is -0.496 e. The lowest BCUT2D eigenvalue weighted by Gasteiger charge is -2.24. The molecule has 1 atom stereocenters. The van der Waals surface area contributed by atoms with Gasteiger partial charge < -0.3 is 14.3 Å². The van der Waals surface area contributed by atoms with Crippen molar-refractivity contribution in [1.29, 1.82) is 0 Å². The quantitative estimate of drug-likeness (QED) is 0.572. The summed E-state index contributed by atoms with van der Waals surface area (Å²) in [7, 11) is 3.42. The van der Waals surface area contributed by atoms with Gasteiger partial charge >= 0.3 is 0 Å². The summed E-state index contributed by atoms with van der Waals surface area (Å²) in [4.78, 5) is 8.81. The Bertz CT molecular complexity index is 484. The van der Waals surface area contributed by atoms with Crippen molar-refractivity contribution in [2.45, 2.75) is 39.0 Å². The predicted molar refractivity (Wildman–Crippen MR) is 89.3 cm³/mol. The van der Waals surface area contributed by atoms with Crippen LogP contribution in [0.1, 0.15) is 44.6 Å². The van der Waals surface area contributed by atoms with Crippen LogP contribution < -0.4 is 9.47 Å². The molecule has 0 bridgehead atoms. The maximum atomic E-state index is 8.81. The molecule has 21 heavy (non-hydrogen) atoms. The molecule has 1 aliphatic carbocycles. The third-order valence-corrected chi connectivity index (χ3v) is 3.91. The van der Waals surface area contributed by atoms with Crippen molar-refractivity contribution < 1.29 is 14.3 Å². The summed E-state index contributed by atoms with van der Waals surface area (Å²) in [6.45, 7) is 3.64. The number of ether oxygens (including phenoxy) is 2. The summed E-state index contributed by atoms with van der Waals surface area (Å²) >= 11 is 3.49. The minimum atomic E-state index is 0.400. The number of methoxy groups -OCH3 is 2. The van der Waals surface area contributed by atoms with Gasteiger partial charge in [-0.25, -0.2) is 0 Å². The van der Waals surface area contributed by atoms with Gasteiger partial charge in [0, 0.05) is 16.0 Å². The van der Waals surface area contributed by atoms with E-state index in [1.54, 1.807) is 14.2 Å². The number of halogens is 1. The average Bonchev–Trinajstić information content (AvgIpc) is 2.46. The first-order valence-corrected chi connectivity index (χ1v) is 7.85. The molecule has 0 aromatic heterocycles. The molecule has 3 nitrogen and oxygen atoms in total. The Morgan fingerprint density at radius 2 is 1.76 bits per heavy atom. The van der Waals surface area contributed by atoms with Crippen molar-refractivity contribution in [2.75, 3.05) is 14.2 Å². The lowest BCUT2D eigenvalue weighted by Crippen LogP contribution is -2.06. The number of hydrogen-bond donors (Lipinski definition) is 0. The van der Waals surface area contributed by atoms with Gasteiger partial charge in [0.15, 0.2) is 0 Å². The molecule has 0 heterocycles. The minimum absolute atomic E-state index is 0.400. The molecule has 2 rings (SSSR count). The molecule has 1 aliphatic rings. The van der Waals surface area contributed by atoms with Crippen molar-refractivity contribution in [1.82, 2.24) is 0 Å². The molecule has 0 N–H and O–H groups in total. The van der Waals surface area contributed by atoms with E-state index in [2.05, 4.69) is 28.9 Å². The number of rotatable bonds is 3. The fraction of sp³-hybridized carbons (Fsp3) is 0.471. The van der Waals surface area contributed by atoms with E-state index in [1.165, 1.54) is 30.9 Å². The zero-order chi connectivity index (χ0) is 15.8. The topological polar surface area (TPSA) is 35.5 Å². The van der Waals surface area contributed by atoms with E-state index < -0.39 is 0 Å². The van der Waals surface area contributed by atoms with Gasteiger partial charge in [-0.1, -0.05) is 27.6 Å². The van der Waals surface area contributed by atoms with Crippen molar-refractivity contribution in [3.05, 3.63) is 33.8 Å². The molecular weight excluding hydrogens is 332 g/mol. The molecule has 0 saturated carbocycles. The van der Waals surface area contributed by atoms with Crippen LogP contribution in [-0.2, 0) is 4.79 Å². The highest BCUT2D eigenvalue weighted by Crippen LogP contribution is 2.43. The van der Waals surface area contributed by atoms with Crippen molar-refractivity contribution in [3.63, 3.8) is 0 Å². The van der Waals surface area contributed by atoms with E-state index >= 15 is 0 Å². The van der Waals surface area contributed by atoms with Crippen LogP contribution in [0.2, 0.25) is 0 Å². The zero-order valence-electron chi connectivity index (χ0n) is 13.1. The number of carbonyl (C=O) groups excluding carboxylic acids is 1. The van der Waals surface area contributed by atoms with Crippen LogP contribution in [0.4, 0.5) is 0 Å². The Hall–Kier alpha value is -1.29. The van der Waals surface area contributed by atoms with Gasteiger partial charge in [0.1, 0.15) is 17.8 Å². The molecular formula is C17H23BrO3. The van der Waals surface area contributed by atoms with Gasteiger partial charge in [0.05, 0.1) is 14.2 Å². The Balaban J connectivity index is 0.000000677. The summed E-state index contributed by atoms with van der Waals surface area (Å²) < 4.78 is 12.0. The first-order valence-electron chi connectivity index (χ1n) is 7.05. The van der Waals surface area contributed by atoms with Gasteiger partial charge in [0.25, 0.3) is 0 Å². The summed E-state index contributed by atoms with van der Waals surface area (Å²) in [5.74, 6) is 2.20. The van der Waals surface area contributed by atoms with E-state index in [0.717, 1.165) is 28.7 Å².